The Labute approximate surface area is 92.3 Å². The van der Waals surface area contributed by atoms with Gasteiger partial charge < -0.3 is 4.74 Å². The summed E-state index contributed by atoms with van der Waals surface area (Å²) in [6.45, 7) is 0. The molecule has 0 aliphatic carbocycles. The molecule has 1 aromatic rings. The van der Waals surface area contributed by atoms with Crippen LogP contribution in [0.15, 0.2) is 24.3 Å². The van der Waals surface area contributed by atoms with E-state index in [4.69, 9.17) is 15.4 Å². The minimum Gasteiger partial charge on any atom is -0.496 e. The van der Waals surface area contributed by atoms with E-state index in [-0.39, 0.29) is 5.96 Å². The Morgan fingerprint density at radius 3 is 2.81 bits per heavy atom. The molecule has 0 spiro atoms. The molecule has 0 saturated carbocycles. The zero-order chi connectivity index (χ0) is 12.0. The molecule has 0 aliphatic heterocycles. The number of benzene rings is 1. The summed E-state index contributed by atoms with van der Waals surface area (Å²) in [5.74, 6) is -0.478. The predicted octanol–water partition coefficient (Wildman–Crippen LogP) is 0.430. The lowest BCUT2D eigenvalue weighted by Crippen LogP contribution is -2.37. The van der Waals surface area contributed by atoms with Crippen LogP contribution in [0.5, 0.6) is 5.75 Å². The number of rotatable bonds is 2. The van der Waals surface area contributed by atoms with Crippen LogP contribution in [0.2, 0.25) is 0 Å². The van der Waals surface area contributed by atoms with Gasteiger partial charge in [0.1, 0.15) is 5.75 Å². The van der Waals surface area contributed by atoms with E-state index in [2.05, 4.69) is 5.32 Å². The lowest BCUT2D eigenvalue weighted by atomic mass is 10.2. The third kappa shape index (κ3) is 2.72. The van der Waals surface area contributed by atoms with Crippen LogP contribution in [-0.4, -0.2) is 19.0 Å². The molecular weight excluding hydrogens is 208 g/mol. The highest BCUT2D eigenvalue weighted by Crippen LogP contribution is 2.16. The van der Waals surface area contributed by atoms with E-state index in [0.717, 1.165) is 0 Å². The van der Waals surface area contributed by atoms with Gasteiger partial charge >= 0.3 is 0 Å². The van der Waals surface area contributed by atoms with Crippen molar-refractivity contribution in [2.45, 2.75) is 0 Å². The van der Waals surface area contributed by atoms with Gasteiger partial charge in [0.15, 0.2) is 6.19 Å². The van der Waals surface area contributed by atoms with E-state index < -0.39 is 5.91 Å². The fourth-order valence-corrected chi connectivity index (χ4v) is 1.10. The molecule has 0 unspecified atom stereocenters. The van der Waals surface area contributed by atoms with Gasteiger partial charge in [0, 0.05) is 0 Å². The number of para-hydroxylation sites is 1. The van der Waals surface area contributed by atoms with Crippen molar-refractivity contribution < 1.29 is 9.53 Å². The van der Waals surface area contributed by atoms with Crippen molar-refractivity contribution in [3.63, 3.8) is 0 Å². The molecule has 0 atom stereocenters. The van der Waals surface area contributed by atoms with Crippen molar-refractivity contribution in [2.24, 2.45) is 0 Å². The van der Waals surface area contributed by atoms with Crippen LogP contribution in [0.4, 0.5) is 0 Å². The molecule has 0 heterocycles. The summed E-state index contributed by atoms with van der Waals surface area (Å²) < 4.78 is 4.99. The average molecular weight is 218 g/mol. The second-order valence-corrected chi connectivity index (χ2v) is 2.77. The van der Waals surface area contributed by atoms with Gasteiger partial charge in [-0.25, -0.2) is 0 Å². The number of hydrogen-bond donors (Lipinski definition) is 3. The fourth-order valence-electron chi connectivity index (χ4n) is 1.10. The molecular formula is C10H10N4O2. The molecule has 0 aliphatic rings. The van der Waals surface area contributed by atoms with Gasteiger partial charge in [-0.05, 0) is 12.1 Å². The number of ether oxygens (including phenoxy) is 1. The van der Waals surface area contributed by atoms with Gasteiger partial charge in [0.2, 0.25) is 5.96 Å². The Hall–Kier alpha value is -2.55. The number of carbonyl (C=O) groups excluding carboxylic acids is 1. The maximum Gasteiger partial charge on any atom is 0.261 e. The normalized spacial score (nSPS) is 8.75. The molecule has 1 amide bonds. The van der Waals surface area contributed by atoms with Gasteiger partial charge in [-0.1, -0.05) is 12.1 Å². The molecule has 3 N–H and O–H groups in total. The van der Waals surface area contributed by atoms with Crippen molar-refractivity contribution in [3.8, 4) is 11.9 Å². The van der Waals surface area contributed by atoms with Crippen LogP contribution in [-0.2, 0) is 0 Å². The van der Waals surface area contributed by atoms with Gasteiger partial charge in [-0.2, -0.15) is 5.26 Å². The van der Waals surface area contributed by atoms with E-state index in [1.54, 1.807) is 24.3 Å². The SMILES string of the molecule is COc1ccccc1C(=O)NC(=N)NC#N. The van der Waals surface area contributed by atoms with E-state index in [0.29, 0.717) is 11.3 Å². The summed E-state index contributed by atoms with van der Waals surface area (Å²) in [5, 5.41) is 19.6. The minimum atomic E-state index is -0.509. The van der Waals surface area contributed by atoms with Crippen LogP contribution >= 0.6 is 0 Å². The molecule has 1 rings (SSSR count). The first-order chi connectivity index (χ1) is 7.69. The molecule has 0 radical (unpaired) electrons. The van der Waals surface area contributed by atoms with E-state index in [1.165, 1.54) is 13.3 Å². The molecule has 0 aromatic heterocycles. The molecule has 0 fully saturated rings. The number of nitrogens with zero attached hydrogens (tertiary/aromatic N) is 1. The lowest BCUT2D eigenvalue weighted by molar-refractivity contribution is 0.0973. The topological polar surface area (TPSA) is 98.0 Å². The first kappa shape index (κ1) is 11.5. The Morgan fingerprint density at radius 1 is 1.50 bits per heavy atom. The fraction of sp³-hybridized carbons (Fsp3) is 0.100. The quantitative estimate of drug-likeness (QED) is 0.290. The third-order valence-corrected chi connectivity index (χ3v) is 1.77. The second kappa shape index (κ2) is 5.36. The van der Waals surface area contributed by atoms with Crippen molar-refractivity contribution in [1.29, 1.82) is 10.7 Å². The summed E-state index contributed by atoms with van der Waals surface area (Å²) in [6, 6.07) is 6.61. The Kier molecular flexibility index (Phi) is 3.86. The highest BCUT2D eigenvalue weighted by atomic mass is 16.5. The third-order valence-electron chi connectivity index (χ3n) is 1.77. The van der Waals surface area contributed by atoms with E-state index in [9.17, 15) is 4.79 Å². The summed E-state index contributed by atoms with van der Waals surface area (Å²) in [7, 11) is 1.45. The summed E-state index contributed by atoms with van der Waals surface area (Å²) in [6.07, 6.45) is 1.53. The Bertz CT molecular complexity index is 450. The maximum atomic E-state index is 11.6. The first-order valence-corrected chi connectivity index (χ1v) is 4.37. The minimum absolute atomic E-state index is 0.300. The zero-order valence-corrected chi connectivity index (χ0v) is 8.57. The molecule has 16 heavy (non-hydrogen) atoms. The Balaban J connectivity index is 2.81. The van der Waals surface area contributed by atoms with Crippen molar-refractivity contribution in [3.05, 3.63) is 29.8 Å². The van der Waals surface area contributed by atoms with Crippen LogP contribution in [0.1, 0.15) is 10.4 Å². The molecule has 6 nitrogen and oxygen atoms in total. The van der Waals surface area contributed by atoms with Crippen molar-refractivity contribution >= 4 is 11.9 Å². The monoisotopic (exact) mass is 218 g/mol. The van der Waals surface area contributed by atoms with Gasteiger partial charge in [-0.3, -0.25) is 20.8 Å². The van der Waals surface area contributed by atoms with Gasteiger partial charge in [0.25, 0.3) is 5.91 Å². The van der Waals surface area contributed by atoms with Gasteiger partial charge in [0.05, 0.1) is 12.7 Å². The predicted molar refractivity (Wildman–Crippen MR) is 56.9 cm³/mol. The number of hydrogen-bond acceptors (Lipinski definition) is 4. The zero-order valence-electron chi connectivity index (χ0n) is 8.57. The maximum absolute atomic E-state index is 11.6. The van der Waals surface area contributed by atoms with E-state index in [1.807, 2.05) is 5.32 Å². The van der Waals surface area contributed by atoms with Crippen LogP contribution in [0, 0.1) is 16.9 Å². The smallest absolute Gasteiger partial charge is 0.261 e. The number of carbonyl (C=O) groups is 1. The number of nitriles is 1. The summed E-state index contributed by atoms with van der Waals surface area (Å²) in [5.41, 5.74) is 0.300. The van der Waals surface area contributed by atoms with Gasteiger partial charge in [-0.15, -0.1) is 0 Å². The van der Waals surface area contributed by atoms with Crippen LogP contribution in [0.3, 0.4) is 0 Å². The Morgan fingerprint density at radius 2 is 2.19 bits per heavy atom. The van der Waals surface area contributed by atoms with Crippen LogP contribution < -0.4 is 15.4 Å². The van der Waals surface area contributed by atoms with Crippen LogP contribution in [0.25, 0.3) is 0 Å². The molecule has 0 bridgehead atoms. The highest BCUT2D eigenvalue weighted by molar-refractivity contribution is 6.06. The van der Waals surface area contributed by atoms with Crippen molar-refractivity contribution in [2.75, 3.05) is 7.11 Å². The largest absolute Gasteiger partial charge is 0.496 e. The number of nitrogens with one attached hydrogen (secondary N) is 3. The molecule has 6 heteroatoms. The summed E-state index contributed by atoms with van der Waals surface area (Å²) >= 11 is 0. The second-order valence-electron chi connectivity index (χ2n) is 2.77. The summed E-state index contributed by atoms with van der Waals surface area (Å²) in [4.78, 5) is 11.6. The molecule has 0 saturated heterocycles. The standard InChI is InChI=1S/C10H10N4O2/c1-16-8-5-3-2-4-7(8)9(15)14-10(12)13-6-11/h2-5H,1H3,(H3,12,13,14,15). The average Bonchev–Trinajstić information content (AvgIpc) is 2.29. The molecule has 1 aromatic carbocycles. The molecule has 82 valence electrons. The number of amides is 1. The highest BCUT2D eigenvalue weighted by Gasteiger charge is 2.12. The first-order valence-electron chi connectivity index (χ1n) is 4.37. The number of guanidine groups is 1. The lowest BCUT2D eigenvalue weighted by Gasteiger charge is -2.08. The number of methoxy groups -OCH3 is 1. The van der Waals surface area contributed by atoms with E-state index >= 15 is 0 Å². The van der Waals surface area contributed by atoms with Crippen molar-refractivity contribution in [1.82, 2.24) is 10.6 Å².